The molecule has 1 unspecified atom stereocenters. The minimum Gasteiger partial charge on any atom is -0.309 e. The molecule has 2 aromatic heterocycles. The van der Waals surface area contributed by atoms with Crippen molar-refractivity contribution in [3.63, 3.8) is 0 Å². The van der Waals surface area contributed by atoms with E-state index in [1.807, 2.05) is 11.6 Å². The van der Waals surface area contributed by atoms with Crippen LogP contribution in [0.5, 0.6) is 0 Å². The molecule has 126 valence electrons. The lowest BCUT2D eigenvalue weighted by atomic mass is 10.1. The van der Waals surface area contributed by atoms with E-state index in [0.717, 1.165) is 21.1 Å². The summed E-state index contributed by atoms with van der Waals surface area (Å²) in [6, 6.07) is 0. The predicted molar refractivity (Wildman–Crippen MR) is 89.6 cm³/mol. The molecule has 7 nitrogen and oxygen atoms in total. The van der Waals surface area contributed by atoms with Crippen LogP contribution in [0.1, 0.15) is 37.8 Å². The zero-order chi connectivity index (χ0) is 16.6. The van der Waals surface area contributed by atoms with Crippen molar-refractivity contribution in [1.82, 2.24) is 24.1 Å². The van der Waals surface area contributed by atoms with E-state index in [-0.39, 0.29) is 11.7 Å². The average molecular weight is 374 g/mol. The molecule has 1 aliphatic rings. The zero-order valence-corrected chi connectivity index (χ0v) is 15.7. The first-order valence-corrected chi connectivity index (χ1v) is 10.9. The second-order valence-corrected chi connectivity index (χ2v) is 10.3. The van der Waals surface area contributed by atoms with E-state index in [0.29, 0.717) is 24.5 Å². The summed E-state index contributed by atoms with van der Waals surface area (Å²) in [7, 11) is -0.947. The zero-order valence-electron chi connectivity index (χ0n) is 13.3. The Morgan fingerprint density at radius 1 is 1.39 bits per heavy atom. The highest BCUT2D eigenvalue weighted by Gasteiger charge is 2.29. The monoisotopic (exact) mass is 373 g/mol. The highest BCUT2D eigenvalue weighted by atomic mass is 32.2. The van der Waals surface area contributed by atoms with Gasteiger partial charge in [0, 0.05) is 19.4 Å². The van der Waals surface area contributed by atoms with Gasteiger partial charge in [0.2, 0.25) is 0 Å². The van der Waals surface area contributed by atoms with Crippen molar-refractivity contribution in [2.24, 2.45) is 13.0 Å². The Bertz CT molecular complexity index is 796. The lowest BCUT2D eigenvalue weighted by molar-refractivity contribution is 0.552. The molecule has 1 aliphatic heterocycles. The summed E-state index contributed by atoms with van der Waals surface area (Å²) in [4.78, 5) is 4.49. The first-order chi connectivity index (χ1) is 10.8. The van der Waals surface area contributed by atoms with E-state index < -0.39 is 9.84 Å². The Morgan fingerprint density at radius 3 is 2.78 bits per heavy atom. The molecular weight excluding hydrogens is 354 g/mol. The number of hydrogen-bond donors (Lipinski definition) is 0. The molecule has 3 heterocycles. The van der Waals surface area contributed by atoms with Crippen LogP contribution >= 0.6 is 23.3 Å². The number of aromatic nitrogens is 5. The van der Waals surface area contributed by atoms with Crippen LogP contribution in [0.2, 0.25) is 0 Å². The fourth-order valence-corrected chi connectivity index (χ4v) is 6.00. The molecule has 0 bridgehead atoms. The lowest BCUT2D eigenvalue weighted by Gasteiger charge is -2.07. The minimum atomic E-state index is -2.85. The van der Waals surface area contributed by atoms with Gasteiger partial charge in [-0.2, -0.15) is 4.37 Å². The molecule has 10 heteroatoms. The molecule has 23 heavy (non-hydrogen) atoms. The highest BCUT2D eigenvalue weighted by Crippen LogP contribution is 2.30. The molecule has 0 spiro atoms. The molecule has 0 aliphatic carbocycles. The second-order valence-electron chi connectivity index (χ2n) is 6.11. The van der Waals surface area contributed by atoms with Gasteiger partial charge in [-0.3, -0.25) is 0 Å². The maximum absolute atomic E-state index is 11.6. The first kappa shape index (κ1) is 16.8. The minimum absolute atomic E-state index is 0.148. The van der Waals surface area contributed by atoms with Crippen LogP contribution in [0.15, 0.2) is 9.50 Å². The lowest BCUT2D eigenvalue weighted by Crippen LogP contribution is -2.11. The van der Waals surface area contributed by atoms with E-state index in [1.54, 1.807) is 0 Å². The molecule has 2 aromatic rings. The van der Waals surface area contributed by atoms with Gasteiger partial charge in [-0.25, -0.2) is 13.4 Å². The van der Waals surface area contributed by atoms with Gasteiger partial charge in [0.25, 0.3) is 0 Å². The Labute approximate surface area is 144 Å². The summed E-state index contributed by atoms with van der Waals surface area (Å²) in [6.45, 7) is 4.12. The second kappa shape index (κ2) is 6.48. The molecule has 1 saturated heterocycles. The topological polar surface area (TPSA) is 90.6 Å². The van der Waals surface area contributed by atoms with E-state index >= 15 is 0 Å². The number of sulfone groups is 1. The summed E-state index contributed by atoms with van der Waals surface area (Å²) >= 11 is 2.81. The van der Waals surface area contributed by atoms with Crippen molar-refractivity contribution >= 4 is 33.1 Å². The first-order valence-electron chi connectivity index (χ1n) is 7.44. The van der Waals surface area contributed by atoms with Crippen LogP contribution in [0.4, 0.5) is 0 Å². The van der Waals surface area contributed by atoms with E-state index in [2.05, 4.69) is 33.4 Å². The maximum atomic E-state index is 11.6. The predicted octanol–water partition coefficient (Wildman–Crippen LogP) is 1.92. The maximum Gasteiger partial charge on any atom is 0.198 e. The van der Waals surface area contributed by atoms with Gasteiger partial charge in [-0.05, 0) is 35.6 Å². The fraction of sp³-hybridized carbons (Fsp3) is 0.692. The van der Waals surface area contributed by atoms with Crippen LogP contribution in [0, 0.1) is 5.92 Å². The van der Waals surface area contributed by atoms with Gasteiger partial charge in [0.15, 0.2) is 19.3 Å². The molecule has 0 amide bonds. The smallest absolute Gasteiger partial charge is 0.198 e. The van der Waals surface area contributed by atoms with Crippen molar-refractivity contribution in [3.8, 4) is 0 Å². The molecule has 0 aromatic carbocycles. The molecule has 0 saturated carbocycles. The summed E-state index contributed by atoms with van der Waals surface area (Å²) in [5.41, 5.74) is 0. The van der Waals surface area contributed by atoms with E-state index in [9.17, 15) is 8.42 Å². The Morgan fingerprint density at radius 2 is 2.17 bits per heavy atom. The summed E-state index contributed by atoms with van der Waals surface area (Å²) in [6.07, 6.45) is 1.36. The van der Waals surface area contributed by atoms with E-state index in [1.165, 1.54) is 23.3 Å². The number of rotatable bonds is 5. The van der Waals surface area contributed by atoms with Gasteiger partial charge in [0.1, 0.15) is 11.6 Å². The average Bonchev–Trinajstić information content (AvgIpc) is 3.15. The van der Waals surface area contributed by atoms with Crippen molar-refractivity contribution in [2.45, 2.75) is 42.1 Å². The van der Waals surface area contributed by atoms with Gasteiger partial charge < -0.3 is 4.57 Å². The van der Waals surface area contributed by atoms with Crippen molar-refractivity contribution in [1.29, 1.82) is 0 Å². The summed E-state index contributed by atoms with van der Waals surface area (Å²) in [5.74, 6) is 2.67. The van der Waals surface area contributed by atoms with Crippen LogP contribution in [-0.4, -0.2) is 44.0 Å². The fourth-order valence-electron chi connectivity index (χ4n) is 2.48. The summed E-state index contributed by atoms with van der Waals surface area (Å²) in [5, 5.41) is 9.18. The third-order valence-corrected chi connectivity index (χ3v) is 7.48. The quantitative estimate of drug-likeness (QED) is 0.791. The Balaban J connectivity index is 1.69. The van der Waals surface area contributed by atoms with Crippen LogP contribution < -0.4 is 0 Å². The standard InChI is InChI=1S/C13H19N5O2S3/c1-8(2)11-14-13(22-17-11)21-12-16-15-10(18(12)3)6-9-4-5-23(19,20)7-9/h8-9H,4-7H2,1-3H3. The third kappa shape index (κ3) is 3.92. The van der Waals surface area contributed by atoms with Gasteiger partial charge in [-0.15, -0.1) is 10.2 Å². The Kier molecular flexibility index (Phi) is 4.75. The van der Waals surface area contributed by atoms with Gasteiger partial charge in [-0.1, -0.05) is 13.8 Å². The highest BCUT2D eigenvalue weighted by molar-refractivity contribution is 8.00. The van der Waals surface area contributed by atoms with Gasteiger partial charge in [0.05, 0.1) is 11.5 Å². The summed E-state index contributed by atoms with van der Waals surface area (Å²) < 4.78 is 30.2. The van der Waals surface area contributed by atoms with Crippen molar-refractivity contribution < 1.29 is 8.42 Å². The third-order valence-electron chi connectivity index (χ3n) is 3.84. The normalized spacial score (nSPS) is 20.4. The largest absolute Gasteiger partial charge is 0.309 e. The molecule has 1 atom stereocenters. The van der Waals surface area contributed by atoms with Gasteiger partial charge >= 0.3 is 0 Å². The number of nitrogens with zero attached hydrogens (tertiary/aromatic N) is 5. The Hall–Kier alpha value is -1.00. The molecule has 3 rings (SSSR count). The van der Waals surface area contributed by atoms with Crippen LogP contribution in [0.25, 0.3) is 0 Å². The van der Waals surface area contributed by atoms with Crippen molar-refractivity contribution in [3.05, 3.63) is 11.6 Å². The van der Waals surface area contributed by atoms with Crippen LogP contribution in [0.3, 0.4) is 0 Å². The SMILES string of the molecule is CC(C)c1nsc(Sc2nnc(CC3CCS(=O)(=O)C3)n2C)n1. The molecule has 0 N–H and O–H groups in total. The molecular formula is C13H19N5O2S3. The van der Waals surface area contributed by atoms with Crippen molar-refractivity contribution in [2.75, 3.05) is 11.5 Å². The van der Waals surface area contributed by atoms with Crippen LogP contribution in [-0.2, 0) is 23.3 Å². The van der Waals surface area contributed by atoms with E-state index in [4.69, 9.17) is 0 Å². The molecule has 0 radical (unpaired) electrons. The number of hydrogen-bond acceptors (Lipinski definition) is 8. The molecule has 1 fully saturated rings.